The molecule has 31 heavy (non-hydrogen) atoms. The Morgan fingerprint density at radius 2 is 1.84 bits per heavy atom. The van der Waals surface area contributed by atoms with Gasteiger partial charge in [0.1, 0.15) is 11.6 Å². The number of nitrogens with zero attached hydrogens (tertiary/aromatic N) is 1. The molecule has 0 aliphatic carbocycles. The molecular weight excluding hydrogens is 402 g/mol. The van der Waals surface area contributed by atoms with Gasteiger partial charge in [-0.2, -0.15) is 0 Å². The molecule has 1 aliphatic rings. The number of amides is 2. The van der Waals surface area contributed by atoms with Crippen molar-refractivity contribution in [3.63, 3.8) is 0 Å². The third-order valence-corrected chi connectivity index (χ3v) is 5.57. The van der Waals surface area contributed by atoms with Crippen LogP contribution in [0, 0.1) is 17.6 Å². The van der Waals surface area contributed by atoms with Crippen molar-refractivity contribution in [3.8, 4) is 0 Å². The van der Waals surface area contributed by atoms with Crippen molar-refractivity contribution < 1.29 is 23.1 Å². The van der Waals surface area contributed by atoms with E-state index in [0.717, 1.165) is 17.7 Å². The average molecular weight is 430 g/mol. The Labute approximate surface area is 181 Å². The first-order valence-corrected chi connectivity index (χ1v) is 10.6. The Hall–Kier alpha value is -2.80. The smallest absolute Gasteiger partial charge is 0.256 e. The van der Waals surface area contributed by atoms with Crippen LogP contribution in [0.15, 0.2) is 48.5 Å². The molecule has 1 heterocycles. The lowest BCUT2D eigenvalue weighted by Gasteiger charge is -2.31. The number of hydrogen-bond acceptors (Lipinski definition) is 3. The highest BCUT2D eigenvalue weighted by molar-refractivity contribution is 5.94. The lowest BCUT2D eigenvalue weighted by molar-refractivity contribution is -0.126. The van der Waals surface area contributed by atoms with E-state index >= 15 is 0 Å². The van der Waals surface area contributed by atoms with E-state index in [9.17, 15) is 18.4 Å². The Morgan fingerprint density at radius 1 is 1.13 bits per heavy atom. The maximum Gasteiger partial charge on any atom is 0.256 e. The minimum Gasteiger partial charge on any atom is -0.374 e. The molecule has 0 bridgehead atoms. The predicted molar refractivity (Wildman–Crippen MR) is 113 cm³/mol. The number of nitrogens with one attached hydrogen (secondary N) is 1. The maximum atomic E-state index is 13.8. The molecular formula is C24H28F2N2O3. The summed E-state index contributed by atoms with van der Waals surface area (Å²) in [6.45, 7) is 3.81. The van der Waals surface area contributed by atoms with E-state index in [-0.39, 0.29) is 23.5 Å². The first kappa shape index (κ1) is 22.9. The second-order valence-corrected chi connectivity index (χ2v) is 7.76. The van der Waals surface area contributed by atoms with Crippen LogP contribution in [0.25, 0.3) is 0 Å². The molecule has 3 rings (SSSR count). The van der Waals surface area contributed by atoms with Crippen molar-refractivity contribution in [1.29, 1.82) is 0 Å². The summed E-state index contributed by atoms with van der Waals surface area (Å²) in [4.78, 5) is 26.4. The van der Waals surface area contributed by atoms with Crippen LogP contribution in [0.1, 0.15) is 48.2 Å². The van der Waals surface area contributed by atoms with Crippen molar-refractivity contribution in [2.45, 2.75) is 32.3 Å². The van der Waals surface area contributed by atoms with Crippen LogP contribution in [-0.2, 0) is 9.53 Å². The van der Waals surface area contributed by atoms with Gasteiger partial charge in [-0.05, 0) is 43.9 Å². The first-order valence-electron chi connectivity index (χ1n) is 10.6. The van der Waals surface area contributed by atoms with E-state index in [4.69, 9.17) is 4.74 Å². The van der Waals surface area contributed by atoms with Crippen LogP contribution >= 0.6 is 0 Å². The van der Waals surface area contributed by atoms with Gasteiger partial charge in [-0.25, -0.2) is 8.78 Å². The van der Waals surface area contributed by atoms with Crippen LogP contribution in [0.4, 0.5) is 8.78 Å². The van der Waals surface area contributed by atoms with Gasteiger partial charge in [0.05, 0.1) is 11.7 Å². The van der Waals surface area contributed by atoms with Gasteiger partial charge in [-0.1, -0.05) is 30.3 Å². The number of hydrogen-bond donors (Lipinski definition) is 1. The molecule has 2 aromatic rings. The predicted octanol–water partition coefficient (Wildman–Crippen LogP) is 4.10. The average Bonchev–Trinajstić information content (AvgIpc) is 2.79. The topological polar surface area (TPSA) is 58.6 Å². The van der Waals surface area contributed by atoms with Crippen LogP contribution < -0.4 is 5.32 Å². The summed E-state index contributed by atoms with van der Waals surface area (Å²) in [5.41, 5.74) is 0.974. The molecule has 166 valence electrons. The van der Waals surface area contributed by atoms with Crippen LogP contribution in [0.5, 0.6) is 0 Å². The van der Waals surface area contributed by atoms with Gasteiger partial charge in [-0.15, -0.1) is 0 Å². The van der Waals surface area contributed by atoms with Gasteiger partial charge < -0.3 is 15.0 Å². The van der Waals surface area contributed by atoms with Crippen LogP contribution in [-0.4, -0.2) is 43.0 Å². The molecule has 2 aromatic carbocycles. The SMILES string of the molecule is CC(OCCCNC(=O)C1CCN(C(=O)c2ccc(F)cc2F)CC1)c1ccccc1. The fourth-order valence-corrected chi connectivity index (χ4v) is 3.69. The molecule has 0 aromatic heterocycles. The number of carbonyl (C=O) groups excluding carboxylic acids is 2. The second kappa shape index (κ2) is 11.0. The highest BCUT2D eigenvalue weighted by Crippen LogP contribution is 2.21. The van der Waals surface area contributed by atoms with Gasteiger partial charge in [0.25, 0.3) is 5.91 Å². The summed E-state index contributed by atoms with van der Waals surface area (Å²) in [5.74, 6) is -2.26. The number of carbonyl (C=O) groups is 2. The highest BCUT2D eigenvalue weighted by Gasteiger charge is 2.28. The summed E-state index contributed by atoms with van der Waals surface area (Å²) < 4.78 is 32.7. The number of piperidine rings is 1. The quantitative estimate of drug-likeness (QED) is 0.642. The van der Waals surface area contributed by atoms with E-state index in [1.807, 2.05) is 37.3 Å². The number of ether oxygens (including phenoxy) is 1. The molecule has 2 amide bonds. The fraction of sp³-hybridized carbons (Fsp3) is 0.417. The van der Waals surface area contributed by atoms with E-state index in [1.165, 1.54) is 4.90 Å². The van der Waals surface area contributed by atoms with E-state index in [2.05, 4.69) is 5.32 Å². The second-order valence-electron chi connectivity index (χ2n) is 7.76. The number of benzene rings is 2. The molecule has 1 unspecified atom stereocenters. The van der Waals surface area contributed by atoms with Crippen molar-refractivity contribution in [3.05, 3.63) is 71.3 Å². The zero-order valence-electron chi connectivity index (χ0n) is 17.7. The molecule has 7 heteroatoms. The molecule has 1 fully saturated rings. The number of halogens is 2. The van der Waals surface area contributed by atoms with Gasteiger partial charge in [0.2, 0.25) is 5.91 Å². The molecule has 1 atom stereocenters. The molecule has 0 radical (unpaired) electrons. The fourth-order valence-electron chi connectivity index (χ4n) is 3.69. The van der Waals surface area contributed by atoms with E-state index in [0.29, 0.717) is 51.6 Å². The summed E-state index contributed by atoms with van der Waals surface area (Å²) >= 11 is 0. The monoisotopic (exact) mass is 430 g/mol. The minimum atomic E-state index is -0.867. The molecule has 5 nitrogen and oxygen atoms in total. The summed E-state index contributed by atoms with van der Waals surface area (Å²) in [5, 5.41) is 2.93. The lowest BCUT2D eigenvalue weighted by atomic mass is 9.95. The Morgan fingerprint density at radius 3 is 2.52 bits per heavy atom. The normalized spacial score (nSPS) is 15.5. The van der Waals surface area contributed by atoms with Crippen LogP contribution in [0.3, 0.4) is 0 Å². The maximum absolute atomic E-state index is 13.8. The Balaban J connectivity index is 1.35. The molecule has 0 spiro atoms. The zero-order chi connectivity index (χ0) is 22.2. The zero-order valence-corrected chi connectivity index (χ0v) is 17.7. The lowest BCUT2D eigenvalue weighted by Crippen LogP contribution is -2.43. The molecule has 1 saturated heterocycles. The molecule has 1 N–H and O–H groups in total. The van der Waals surface area contributed by atoms with Gasteiger partial charge in [0, 0.05) is 38.2 Å². The summed E-state index contributed by atoms with van der Waals surface area (Å²) in [7, 11) is 0. The van der Waals surface area contributed by atoms with Gasteiger partial charge in [-0.3, -0.25) is 9.59 Å². The Kier molecular flexibility index (Phi) is 8.12. The third kappa shape index (κ3) is 6.34. The van der Waals surface area contributed by atoms with Gasteiger partial charge in [0.15, 0.2) is 0 Å². The van der Waals surface area contributed by atoms with Crippen molar-refractivity contribution in [1.82, 2.24) is 10.2 Å². The summed E-state index contributed by atoms with van der Waals surface area (Å²) in [6.07, 6.45) is 1.75. The van der Waals surface area contributed by atoms with Crippen LogP contribution in [0.2, 0.25) is 0 Å². The van der Waals surface area contributed by atoms with Crippen molar-refractivity contribution >= 4 is 11.8 Å². The van der Waals surface area contributed by atoms with Gasteiger partial charge >= 0.3 is 0 Å². The number of likely N-dealkylation sites (tertiary alicyclic amines) is 1. The Bertz CT molecular complexity index is 884. The molecule has 0 saturated carbocycles. The third-order valence-electron chi connectivity index (χ3n) is 5.57. The summed E-state index contributed by atoms with van der Waals surface area (Å²) in [6, 6.07) is 12.9. The largest absolute Gasteiger partial charge is 0.374 e. The highest BCUT2D eigenvalue weighted by atomic mass is 19.1. The molecule has 1 aliphatic heterocycles. The van der Waals surface area contributed by atoms with Crippen molar-refractivity contribution in [2.24, 2.45) is 5.92 Å². The van der Waals surface area contributed by atoms with Crippen molar-refractivity contribution in [2.75, 3.05) is 26.2 Å². The van der Waals surface area contributed by atoms with E-state index < -0.39 is 17.5 Å². The minimum absolute atomic E-state index is 0.00436. The standard InChI is InChI=1S/C24H28F2N2O3/c1-17(18-6-3-2-4-7-18)31-15-5-12-27-23(29)19-10-13-28(14-11-19)24(30)21-9-8-20(25)16-22(21)26/h2-4,6-9,16-17,19H,5,10-15H2,1H3,(H,27,29). The first-order chi connectivity index (χ1) is 15.0. The number of rotatable bonds is 8. The van der Waals surface area contributed by atoms with E-state index in [1.54, 1.807) is 0 Å².